The summed E-state index contributed by atoms with van der Waals surface area (Å²) in [7, 11) is 1.47. The van der Waals surface area contributed by atoms with E-state index >= 15 is 0 Å². The van der Waals surface area contributed by atoms with Gasteiger partial charge >= 0.3 is 0 Å². The molecule has 0 atom stereocenters. The number of ketones is 1. The van der Waals surface area contributed by atoms with Crippen molar-refractivity contribution in [3.8, 4) is 5.75 Å². The van der Waals surface area contributed by atoms with E-state index in [1.54, 1.807) is 0 Å². The van der Waals surface area contributed by atoms with Gasteiger partial charge in [-0.25, -0.2) is 4.39 Å². The quantitative estimate of drug-likeness (QED) is 0.610. The van der Waals surface area contributed by atoms with Gasteiger partial charge in [-0.3, -0.25) is 14.3 Å². The summed E-state index contributed by atoms with van der Waals surface area (Å²) >= 11 is 5.61. The molecule has 3 aliphatic carbocycles. The Labute approximate surface area is 181 Å². The van der Waals surface area contributed by atoms with Gasteiger partial charge in [0.25, 0.3) is 11.8 Å². The van der Waals surface area contributed by atoms with Crippen LogP contribution in [-0.4, -0.2) is 33.6 Å². The third-order valence-corrected chi connectivity index (χ3v) is 6.26. The molecule has 3 fully saturated rings. The third-order valence-electron chi connectivity index (χ3n) is 5.96. The number of rotatable bonds is 8. The first-order chi connectivity index (χ1) is 14.4. The van der Waals surface area contributed by atoms with Gasteiger partial charge in [0.2, 0.25) is 0 Å². The topological polar surface area (TPSA) is 73.2 Å². The maximum atomic E-state index is 13.5. The first-order valence-corrected chi connectivity index (χ1v) is 10.1. The molecule has 2 bridgehead atoms. The van der Waals surface area contributed by atoms with Crippen LogP contribution in [-0.2, 0) is 17.8 Å². The molecule has 1 heterocycles. The minimum atomic E-state index is -3.11. The maximum absolute atomic E-state index is 13.5. The predicted octanol–water partition coefficient (Wildman–Crippen LogP) is 4.02. The van der Waals surface area contributed by atoms with Crippen LogP contribution in [0.5, 0.6) is 5.75 Å². The average molecular weight is 456 g/mol. The molecular formula is C21H21ClF3N3O3. The smallest absolute Gasteiger partial charge is 0.288 e. The average Bonchev–Trinajstić information content (AvgIpc) is 3.02. The van der Waals surface area contributed by atoms with Crippen LogP contribution in [0.3, 0.4) is 0 Å². The van der Waals surface area contributed by atoms with Crippen LogP contribution in [0, 0.1) is 11.2 Å². The minimum absolute atomic E-state index is 0.0312. The van der Waals surface area contributed by atoms with Crippen LogP contribution in [0.1, 0.15) is 48.8 Å². The first-order valence-electron chi connectivity index (χ1n) is 9.75. The number of nitrogens with zero attached hydrogens (tertiary/aromatic N) is 2. The van der Waals surface area contributed by atoms with Gasteiger partial charge in [0.15, 0.2) is 12.4 Å². The van der Waals surface area contributed by atoms with Crippen LogP contribution in [0.4, 0.5) is 13.2 Å². The summed E-state index contributed by atoms with van der Waals surface area (Å²) in [6.45, 7) is 0.474. The van der Waals surface area contributed by atoms with Crippen LogP contribution in [0.2, 0.25) is 5.02 Å². The summed E-state index contributed by atoms with van der Waals surface area (Å²) < 4.78 is 46.8. The number of amides is 1. The van der Waals surface area contributed by atoms with Crippen molar-refractivity contribution < 1.29 is 27.5 Å². The number of Topliss-reactive ketones (excluding diaryl/α,β-unsaturated/α-hetero) is 1. The largest absolute Gasteiger partial charge is 0.484 e. The van der Waals surface area contributed by atoms with Gasteiger partial charge in [0, 0.05) is 32.0 Å². The number of ether oxygens (including phenoxy) is 1. The molecule has 3 aliphatic rings. The van der Waals surface area contributed by atoms with Crippen LogP contribution < -0.4 is 10.1 Å². The van der Waals surface area contributed by atoms with E-state index in [9.17, 15) is 22.8 Å². The van der Waals surface area contributed by atoms with Gasteiger partial charge in [-0.05, 0) is 42.9 Å². The predicted molar refractivity (Wildman–Crippen MR) is 106 cm³/mol. The van der Waals surface area contributed by atoms with E-state index in [4.69, 9.17) is 16.3 Å². The van der Waals surface area contributed by atoms with E-state index in [1.807, 2.05) is 0 Å². The molecule has 0 saturated heterocycles. The molecule has 1 aromatic heterocycles. The number of alkyl halides is 2. The maximum Gasteiger partial charge on any atom is 0.288 e. The summed E-state index contributed by atoms with van der Waals surface area (Å²) in [5.41, 5.74) is -0.854. The van der Waals surface area contributed by atoms with Crippen molar-refractivity contribution in [3.05, 3.63) is 46.5 Å². The molecule has 166 valence electrons. The fourth-order valence-electron chi connectivity index (χ4n) is 4.74. The van der Waals surface area contributed by atoms with E-state index in [0.717, 1.165) is 19.1 Å². The third kappa shape index (κ3) is 4.15. The van der Waals surface area contributed by atoms with Gasteiger partial charge in [-0.1, -0.05) is 11.6 Å². The number of aromatic nitrogens is 2. The lowest BCUT2D eigenvalue weighted by molar-refractivity contribution is -0.164. The molecule has 10 heteroatoms. The van der Waals surface area contributed by atoms with Crippen molar-refractivity contribution >= 4 is 23.3 Å². The van der Waals surface area contributed by atoms with Crippen LogP contribution in [0.25, 0.3) is 0 Å². The molecule has 0 radical (unpaired) electrons. The van der Waals surface area contributed by atoms with E-state index in [-0.39, 0.29) is 52.1 Å². The summed E-state index contributed by atoms with van der Waals surface area (Å²) in [6, 6.07) is 5.06. The number of hydrogen-bond donors (Lipinski definition) is 1. The highest BCUT2D eigenvalue weighted by Gasteiger charge is 2.68. The first kappa shape index (κ1) is 21.7. The Bertz CT molecular complexity index is 1040. The highest BCUT2D eigenvalue weighted by molar-refractivity contribution is 6.30. The van der Waals surface area contributed by atoms with Crippen molar-refractivity contribution in [1.82, 2.24) is 15.1 Å². The van der Waals surface area contributed by atoms with Gasteiger partial charge in [0.05, 0.1) is 5.02 Å². The van der Waals surface area contributed by atoms with Crippen molar-refractivity contribution in [2.45, 2.75) is 44.1 Å². The molecule has 0 spiro atoms. The molecule has 3 saturated carbocycles. The van der Waals surface area contributed by atoms with Gasteiger partial charge in [0.1, 0.15) is 23.0 Å². The van der Waals surface area contributed by atoms with Crippen molar-refractivity contribution in [1.29, 1.82) is 0 Å². The second-order valence-electron chi connectivity index (χ2n) is 8.75. The van der Waals surface area contributed by atoms with Gasteiger partial charge in [-0.15, -0.1) is 0 Å². The Balaban J connectivity index is 1.27. The summed E-state index contributed by atoms with van der Waals surface area (Å²) in [5, 5.41) is 6.63. The Kier molecular flexibility index (Phi) is 5.07. The zero-order valence-corrected chi connectivity index (χ0v) is 17.7. The van der Waals surface area contributed by atoms with Crippen molar-refractivity contribution in [2.75, 3.05) is 6.61 Å². The van der Waals surface area contributed by atoms with Gasteiger partial charge < -0.3 is 10.1 Å². The summed E-state index contributed by atoms with van der Waals surface area (Å²) in [4.78, 5) is 24.8. The monoisotopic (exact) mass is 455 g/mol. The molecular weight excluding hydrogens is 435 g/mol. The van der Waals surface area contributed by atoms with Crippen molar-refractivity contribution in [3.63, 3.8) is 0 Å². The molecule has 1 amide bonds. The Morgan fingerprint density at radius 1 is 1.29 bits per heavy atom. The summed E-state index contributed by atoms with van der Waals surface area (Å²) in [6.07, 6.45) is 2.14. The van der Waals surface area contributed by atoms with E-state index in [0.29, 0.717) is 19.3 Å². The molecule has 2 aromatic rings. The number of halogens is 4. The zero-order chi connectivity index (χ0) is 22.6. The number of aryl methyl sites for hydroxylation is 1. The number of nitrogens with one attached hydrogen (secondary N) is 1. The number of hydrogen-bond acceptors (Lipinski definition) is 4. The highest BCUT2D eigenvalue weighted by atomic mass is 35.5. The van der Waals surface area contributed by atoms with Crippen LogP contribution >= 0.6 is 11.6 Å². The second kappa shape index (κ2) is 7.25. The van der Waals surface area contributed by atoms with E-state index in [1.165, 1.54) is 23.9 Å². The molecule has 5 rings (SSSR count). The lowest BCUT2D eigenvalue weighted by Crippen LogP contribution is -2.75. The zero-order valence-electron chi connectivity index (χ0n) is 17.0. The molecule has 0 unspecified atom stereocenters. The normalized spacial score (nSPS) is 24.2. The molecule has 31 heavy (non-hydrogen) atoms. The molecule has 1 N–H and O–H groups in total. The van der Waals surface area contributed by atoms with Gasteiger partial charge in [-0.2, -0.15) is 13.9 Å². The van der Waals surface area contributed by atoms with E-state index in [2.05, 4.69) is 10.4 Å². The lowest BCUT2D eigenvalue weighted by atomic mass is 9.38. The molecule has 1 aromatic carbocycles. The molecule has 6 nitrogen and oxygen atoms in total. The van der Waals surface area contributed by atoms with Crippen molar-refractivity contribution in [2.24, 2.45) is 12.5 Å². The number of carbonyl (C=O) groups is 2. The Morgan fingerprint density at radius 3 is 2.55 bits per heavy atom. The van der Waals surface area contributed by atoms with Crippen LogP contribution in [0.15, 0.2) is 24.3 Å². The minimum Gasteiger partial charge on any atom is -0.484 e. The van der Waals surface area contributed by atoms with E-state index < -0.39 is 17.4 Å². The summed E-state index contributed by atoms with van der Waals surface area (Å²) in [5.74, 6) is -4.12. The number of benzene rings is 1. The standard InChI is InChI=1S/C21H21ClF3N3O3/c1-19(24,25)17-6-15(28(2)27-17)16(29)7-20-9-21(10-20,11-20)26-18(30)8-31-12-3-4-13(22)14(23)5-12/h3-6H,7-11H2,1-2H3,(H,26,30). The molecule has 0 aliphatic heterocycles. The fraction of sp³-hybridized carbons (Fsp3) is 0.476. The Morgan fingerprint density at radius 2 is 1.97 bits per heavy atom. The number of carbonyl (C=O) groups excluding carboxylic acids is 2. The SMILES string of the molecule is Cn1nc(C(C)(F)F)cc1C(=O)CC12CC(NC(=O)COc3ccc(Cl)c(F)c3)(C1)C2. The fourth-order valence-corrected chi connectivity index (χ4v) is 4.86. The lowest BCUT2D eigenvalue weighted by Gasteiger charge is -2.70. The highest BCUT2D eigenvalue weighted by Crippen LogP contribution is 2.69. The Hall–Kier alpha value is -2.55. The second-order valence-corrected chi connectivity index (χ2v) is 9.16.